The largest absolute Gasteiger partial charge is 0.448 e. The fourth-order valence-electron chi connectivity index (χ4n) is 14.0. The van der Waals surface area contributed by atoms with Crippen molar-refractivity contribution < 1.29 is 29.3 Å². The zero-order valence-corrected chi connectivity index (χ0v) is 31.0. The molecule has 2 N–H and O–H groups in total. The Morgan fingerprint density at radius 3 is 2.20 bits per heavy atom. The molecule has 0 aromatic heterocycles. The summed E-state index contributed by atoms with van der Waals surface area (Å²) < 4.78 is 6.08. The maximum absolute atomic E-state index is 14.9. The average Bonchev–Trinajstić information content (AvgIpc) is 3.52. The van der Waals surface area contributed by atoms with Crippen LogP contribution in [0.1, 0.15) is 138 Å². The Hall–Kier alpha value is -1.99. The number of carbonyl (C=O) groups excluding carboxylic acids is 3. The van der Waals surface area contributed by atoms with Gasteiger partial charge in [0, 0.05) is 39.7 Å². The number of carbonyl (C=O) groups is 3. The van der Waals surface area contributed by atoms with Crippen LogP contribution < -0.4 is 0 Å². The van der Waals surface area contributed by atoms with Crippen LogP contribution in [0.15, 0.2) is 23.8 Å². The fraction of sp³-hybridized carbons (Fsp3) is 0.833. The van der Waals surface area contributed by atoms with Gasteiger partial charge < -0.3 is 19.8 Å². The first kappa shape index (κ1) is 34.1. The molecular formula is C42H61NO6. The van der Waals surface area contributed by atoms with E-state index in [1.165, 1.54) is 6.42 Å². The first-order chi connectivity index (χ1) is 23.0. The number of aliphatic hydroxyl groups excluding tert-OH is 1. The van der Waals surface area contributed by atoms with E-state index in [2.05, 4.69) is 39.0 Å². The van der Waals surface area contributed by atoms with Gasteiger partial charge in [-0.15, -0.1) is 0 Å². The normalized spacial score (nSPS) is 49.2. The fourth-order valence-corrected chi connectivity index (χ4v) is 14.0. The second-order valence-corrected chi connectivity index (χ2v) is 19.4. The maximum Gasteiger partial charge on any atom is 0.313 e. The number of hydrogen-bond acceptors (Lipinski definition) is 6. The van der Waals surface area contributed by atoms with Crippen LogP contribution >= 0.6 is 0 Å². The van der Waals surface area contributed by atoms with E-state index in [-0.39, 0.29) is 53.1 Å². The van der Waals surface area contributed by atoms with Crippen LogP contribution in [0, 0.1) is 50.2 Å². The summed E-state index contributed by atoms with van der Waals surface area (Å²) in [6.07, 6.45) is 19.5. The van der Waals surface area contributed by atoms with Gasteiger partial charge in [-0.25, -0.2) is 0 Å². The van der Waals surface area contributed by atoms with Crippen molar-refractivity contribution in [3.8, 4) is 0 Å². The number of nitrogens with zero attached hydrogens (tertiary/aromatic N) is 1. The van der Waals surface area contributed by atoms with Crippen LogP contribution in [0.4, 0.5) is 0 Å². The molecule has 0 radical (unpaired) electrons. The van der Waals surface area contributed by atoms with E-state index in [0.717, 1.165) is 69.8 Å². The molecule has 0 aromatic rings. The second kappa shape index (κ2) is 10.5. The lowest BCUT2D eigenvalue weighted by Crippen LogP contribution is -2.68. The number of fused-ring (bicyclic) bond motifs is 3. The molecule has 10 atom stereocenters. The van der Waals surface area contributed by atoms with Gasteiger partial charge in [-0.05, 0) is 101 Å². The van der Waals surface area contributed by atoms with Gasteiger partial charge in [-0.3, -0.25) is 14.4 Å². The van der Waals surface area contributed by atoms with Gasteiger partial charge in [0.2, 0.25) is 0 Å². The predicted octanol–water partition coefficient (Wildman–Crippen LogP) is 7.09. The minimum absolute atomic E-state index is 0.0545. The van der Waals surface area contributed by atoms with Crippen molar-refractivity contribution in [1.82, 2.24) is 4.90 Å². The molecule has 1 aliphatic heterocycles. The highest BCUT2D eigenvalue weighted by molar-refractivity contribution is 6.00. The van der Waals surface area contributed by atoms with E-state index in [0.29, 0.717) is 38.0 Å². The zero-order chi connectivity index (χ0) is 35.0. The van der Waals surface area contributed by atoms with Crippen LogP contribution in [0.5, 0.6) is 0 Å². The summed E-state index contributed by atoms with van der Waals surface area (Å²) in [6.45, 7) is 13.4. The Bertz CT molecular complexity index is 1530. The number of Topliss-reactive ketones (excluding diaryl/α,β-unsaturated/α-hetero) is 1. The highest BCUT2D eigenvalue weighted by Crippen LogP contribution is 2.78. The molecule has 5 saturated carbocycles. The molecule has 1 saturated heterocycles. The number of ether oxygens (including phenoxy) is 1. The summed E-state index contributed by atoms with van der Waals surface area (Å²) in [5.41, 5.74) is -4.05. The monoisotopic (exact) mass is 675 g/mol. The molecule has 49 heavy (non-hydrogen) atoms. The van der Waals surface area contributed by atoms with Gasteiger partial charge >= 0.3 is 5.97 Å². The third kappa shape index (κ3) is 3.91. The van der Waals surface area contributed by atoms with E-state index in [4.69, 9.17) is 4.74 Å². The van der Waals surface area contributed by atoms with Crippen molar-refractivity contribution in [2.75, 3.05) is 13.1 Å². The number of hydrogen-bond donors (Lipinski definition) is 2. The number of aliphatic hydroxyl groups is 2. The molecule has 270 valence electrons. The van der Waals surface area contributed by atoms with Gasteiger partial charge in [-0.2, -0.15) is 0 Å². The lowest BCUT2D eigenvalue weighted by molar-refractivity contribution is -0.188. The molecule has 8 aliphatic carbocycles. The van der Waals surface area contributed by atoms with Crippen molar-refractivity contribution >= 4 is 17.7 Å². The van der Waals surface area contributed by atoms with Crippen LogP contribution in [0.3, 0.4) is 0 Å². The molecule has 9 rings (SSSR count). The Morgan fingerprint density at radius 2 is 1.55 bits per heavy atom. The lowest BCUT2D eigenvalue weighted by Gasteiger charge is -2.71. The first-order valence-electron chi connectivity index (χ1n) is 19.9. The molecule has 4 bridgehead atoms. The summed E-state index contributed by atoms with van der Waals surface area (Å²) in [5.74, 6) is 0.287. The minimum atomic E-state index is -1.21. The maximum atomic E-state index is 14.9. The predicted molar refractivity (Wildman–Crippen MR) is 187 cm³/mol. The van der Waals surface area contributed by atoms with Crippen LogP contribution in [-0.4, -0.2) is 63.2 Å². The van der Waals surface area contributed by atoms with Gasteiger partial charge in [0.15, 0.2) is 11.4 Å². The molecule has 9 aliphatic rings. The van der Waals surface area contributed by atoms with E-state index >= 15 is 0 Å². The third-order valence-corrected chi connectivity index (χ3v) is 17.6. The SMILES string of the molecule is CCCN(C[C@]1(O)CC[C@H]2[C@]34C=C[C@@]5(C=C3C(=O)C3CCCCC3)CC(O)CC[C@]5(C)[C@H]4CC[C@@]21C)C(=O)[C@@]12CC[C@@](C)(C(=O)O1)C2(C)C. The molecule has 1 heterocycles. The molecule has 2 spiro atoms. The summed E-state index contributed by atoms with van der Waals surface area (Å²) >= 11 is 0. The highest BCUT2D eigenvalue weighted by atomic mass is 16.6. The molecule has 6 fully saturated rings. The first-order valence-corrected chi connectivity index (χ1v) is 19.9. The van der Waals surface area contributed by atoms with E-state index in [1.807, 2.05) is 25.7 Å². The van der Waals surface area contributed by atoms with Crippen LogP contribution in [-0.2, 0) is 19.1 Å². The lowest BCUT2D eigenvalue weighted by atomic mass is 9.32. The van der Waals surface area contributed by atoms with Crippen molar-refractivity contribution in [2.45, 2.75) is 155 Å². The zero-order valence-electron chi connectivity index (χ0n) is 31.0. The highest BCUT2D eigenvalue weighted by Gasteiger charge is 2.78. The van der Waals surface area contributed by atoms with Crippen molar-refractivity contribution in [1.29, 1.82) is 0 Å². The standard InChI is InChI=1S/C42H61NO6/c1-7-23-43(33(46)42-22-19-38(6,34(47)49-42)35(42,2)3)26-40(48)18-15-31-37(40,5)17-14-30-36(4)16-13-28(44)24-39(36)20-21-41(30,31)29(25-39)32(45)27-11-9-8-10-12-27/h20-21,25,27-28,30-31,44,48H,7-19,22-24,26H2,1-6H3/t28?,30-,31-,36-,37+,38+,39+,40-,41-,42-/m1/s1. The Labute approximate surface area is 293 Å². The second-order valence-electron chi connectivity index (χ2n) is 19.4. The molecule has 7 heteroatoms. The van der Waals surface area contributed by atoms with E-state index in [9.17, 15) is 24.6 Å². The third-order valence-electron chi connectivity index (χ3n) is 17.6. The van der Waals surface area contributed by atoms with Gasteiger partial charge in [0.1, 0.15) is 0 Å². The summed E-state index contributed by atoms with van der Waals surface area (Å²) in [5, 5.41) is 24.1. The van der Waals surface area contributed by atoms with Gasteiger partial charge in [0.25, 0.3) is 5.91 Å². The molecule has 0 aromatic carbocycles. The van der Waals surface area contributed by atoms with E-state index in [1.54, 1.807) is 0 Å². The molecular weight excluding hydrogens is 614 g/mol. The molecule has 1 unspecified atom stereocenters. The summed E-state index contributed by atoms with van der Waals surface area (Å²) in [7, 11) is 0. The molecule has 7 nitrogen and oxygen atoms in total. The van der Waals surface area contributed by atoms with Crippen molar-refractivity contribution in [3.63, 3.8) is 0 Å². The Balaban J connectivity index is 1.18. The quantitative estimate of drug-likeness (QED) is 0.221. The average molecular weight is 676 g/mol. The summed E-state index contributed by atoms with van der Waals surface area (Å²) in [4.78, 5) is 44.6. The van der Waals surface area contributed by atoms with Gasteiger partial charge in [-0.1, -0.05) is 72.1 Å². The Morgan fingerprint density at radius 1 is 0.878 bits per heavy atom. The van der Waals surface area contributed by atoms with Crippen molar-refractivity contribution in [2.24, 2.45) is 50.2 Å². The van der Waals surface area contributed by atoms with Crippen LogP contribution in [0.25, 0.3) is 0 Å². The minimum Gasteiger partial charge on any atom is -0.448 e. The van der Waals surface area contributed by atoms with Crippen LogP contribution in [0.2, 0.25) is 0 Å². The number of amides is 1. The van der Waals surface area contributed by atoms with Crippen molar-refractivity contribution in [3.05, 3.63) is 23.8 Å². The topological polar surface area (TPSA) is 104 Å². The van der Waals surface area contributed by atoms with Gasteiger partial charge in [0.05, 0.1) is 23.7 Å². The molecule has 1 amide bonds. The number of esters is 1. The number of rotatable bonds is 7. The smallest absolute Gasteiger partial charge is 0.313 e. The number of ketones is 1. The van der Waals surface area contributed by atoms with E-state index < -0.39 is 32.9 Å². The Kier molecular flexibility index (Phi) is 7.34. The number of allylic oxidation sites excluding steroid dienone is 4. The summed E-state index contributed by atoms with van der Waals surface area (Å²) in [6, 6.07) is 0.